The van der Waals surface area contributed by atoms with E-state index in [4.69, 9.17) is 22.1 Å². The Morgan fingerprint density at radius 3 is 3.00 bits per heavy atom. The number of thiophene rings is 1. The van der Waals surface area contributed by atoms with Crippen LogP contribution < -0.4 is 5.73 Å². The number of nitrogens with two attached hydrogens (primary N) is 1. The van der Waals surface area contributed by atoms with Gasteiger partial charge in [-0.1, -0.05) is 11.6 Å². The fraction of sp³-hybridized carbons (Fsp3) is 0.556. The zero-order valence-electron chi connectivity index (χ0n) is 7.63. The van der Waals surface area contributed by atoms with Crippen LogP contribution in [-0.2, 0) is 4.74 Å². The van der Waals surface area contributed by atoms with Crippen molar-refractivity contribution in [1.82, 2.24) is 0 Å². The Balaban J connectivity index is 2.39. The molecule has 0 spiro atoms. The SMILES string of the molecule is COCCCC(N)c1sccc1Cl. The van der Waals surface area contributed by atoms with Crippen LogP contribution >= 0.6 is 22.9 Å². The monoisotopic (exact) mass is 219 g/mol. The topological polar surface area (TPSA) is 35.2 Å². The summed E-state index contributed by atoms with van der Waals surface area (Å²) < 4.78 is 4.95. The number of rotatable bonds is 5. The molecule has 13 heavy (non-hydrogen) atoms. The molecule has 1 rings (SSSR count). The first kappa shape index (κ1) is 11.0. The molecular weight excluding hydrogens is 206 g/mol. The molecule has 2 N–H and O–H groups in total. The molecule has 0 aromatic carbocycles. The van der Waals surface area contributed by atoms with Gasteiger partial charge in [-0.3, -0.25) is 0 Å². The fourth-order valence-corrected chi connectivity index (χ4v) is 2.38. The van der Waals surface area contributed by atoms with Gasteiger partial charge in [0, 0.05) is 24.6 Å². The molecule has 0 saturated carbocycles. The molecule has 2 nitrogen and oxygen atoms in total. The first-order valence-corrected chi connectivity index (χ1v) is 5.49. The molecule has 0 fully saturated rings. The third kappa shape index (κ3) is 3.27. The third-order valence-electron chi connectivity index (χ3n) is 1.85. The Morgan fingerprint density at radius 1 is 1.69 bits per heavy atom. The van der Waals surface area contributed by atoms with E-state index in [1.165, 1.54) is 0 Å². The van der Waals surface area contributed by atoms with E-state index in [0.29, 0.717) is 0 Å². The average molecular weight is 220 g/mol. The van der Waals surface area contributed by atoms with E-state index in [1.54, 1.807) is 18.4 Å². The molecule has 74 valence electrons. The van der Waals surface area contributed by atoms with Crippen molar-refractivity contribution >= 4 is 22.9 Å². The van der Waals surface area contributed by atoms with Gasteiger partial charge in [0.1, 0.15) is 0 Å². The molecule has 1 unspecified atom stereocenters. The molecule has 0 radical (unpaired) electrons. The molecule has 0 saturated heterocycles. The Morgan fingerprint density at radius 2 is 2.46 bits per heavy atom. The Hall–Kier alpha value is -0.0900. The highest BCUT2D eigenvalue weighted by molar-refractivity contribution is 7.10. The van der Waals surface area contributed by atoms with Gasteiger partial charge < -0.3 is 10.5 Å². The maximum Gasteiger partial charge on any atom is 0.0561 e. The predicted octanol–water partition coefficient (Wildman–Crippen LogP) is 2.83. The number of methoxy groups -OCH3 is 1. The maximum absolute atomic E-state index is 5.95. The quantitative estimate of drug-likeness (QED) is 0.773. The number of hydrogen-bond donors (Lipinski definition) is 1. The molecule has 1 aromatic heterocycles. The van der Waals surface area contributed by atoms with Crippen molar-refractivity contribution in [3.05, 3.63) is 21.3 Å². The summed E-state index contributed by atoms with van der Waals surface area (Å²) in [6.07, 6.45) is 1.90. The van der Waals surface area contributed by atoms with Crippen molar-refractivity contribution in [2.24, 2.45) is 5.73 Å². The van der Waals surface area contributed by atoms with Crippen LogP contribution in [0.15, 0.2) is 11.4 Å². The summed E-state index contributed by atoms with van der Waals surface area (Å²) in [5.74, 6) is 0. The minimum atomic E-state index is 0.0580. The lowest BCUT2D eigenvalue weighted by atomic mass is 10.1. The van der Waals surface area contributed by atoms with Gasteiger partial charge in [0.2, 0.25) is 0 Å². The van der Waals surface area contributed by atoms with Crippen molar-refractivity contribution in [2.45, 2.75) is 18.9 Å². The van der Waals surface area contributed by atoms with E-state index in [-0.39, 0.29) is 6.04 Å². The van der Waals surface area contributed by atoms with Crippen molar-refractivity contribution < 1.29 is 4.74 Å². The van der Waals surface area contributed by atoms with Gasteiger partial charge in [-0.15, -0.1) is 11.3 Å². The standard InChI is InChI=1S/C9H14ClNOS/c1-12-5-2-3-8(11)9-7(10)4-6-13-9/h4,6,8H,2-3,5,11H2,1H3. The third-order valence-corrected chi connectivity index (χ3v) is 3.34. The first-order chi connectivity index (χ1) is 6.25. The van der Waals surface area contributed by atoms with E-state index < -0.39 is 0 Å². The normalized spacial score (nSPS) is 13.2. The summed E-state index contributed by atoms with van der Waals surface area (Å²) in [7, 11) is 1.70. The lowest BCUT2D eigenvalue weighted by Crippen LogP contribution is -2.09. The van der Waals surface area contributed by atoms with Gasteiger partial charge >= 0.3 is 0 Å². The molecule has 0 aliphatic rings. The van der Waals surface area contributed by atoms with E-state index in [1.807, 2.05) is 11.4 Å². The van der Waals surface area contributed by atoms with Gasteiger partial charge in [0.25, 0.3) is 0 Å². The van der Waals surface area contributed by atoms with Crippen LogP contribution in [0.5, 0.6) is 0 Å². The van der Waals surface area contributed by atoms with Crippen LogP contribution in [0.25, 0.3) is 0 Å². The smallest absolute Gasteiger partial charge is 0.0561 e. The van der Waals surface area contributed by atoms with Gasteiger partial charge in [-0.2, -0.15) is 0 Å². The van der Waals surface area contributed by atoms with Gasteiger partial charge in [0.05, 0.1) is 5.02 Å². The Kier molecular flexibility index (Phi) is 4.73. The number of ether oxygens (including phenoxy) is 1. The highest BCUT2D eigenvalue weighted by Crippen LogP contribution is 2.29. The minimum Gasteiger partial charge on any atom is -0.385 e. The second-order valence-electron chi connectivity index (χ2n) is 2.87. The lowest BCUT2D eigenvalue weighted by Gasteiger charge is -2.09. The zero-order valence-corrected chi connectivity index (χ0v) is 9.20. The largest absolute Gasteiger partial charge is 0.385 e. The van der Waals surface area contributed by atoms with E-state index >= 15 is 0 Å². The van der Waals surface area contributed by atoms with E-state index in [0.717, 1.165) is 29.3 Å². The molecule has 0 aliphatic heterocycles. The van der Waals surface area contributed by atoms with Crippen molar-refractivity contribution in [2.75, 3.05) is 13.7 Å². The van der Waals surface area contributed by atoms with E-state index in [9.17, 15) is 0 Å². The van der Waals surface area contributed by atoms with Crippen molar-refractivity contribution in [1.29, 1.82) is 0 Å². The summed E-state index contributed by atoms with van der Waals surface area (Å²) in [5, 5.41) is 2.75. The summed E-state index contributed by atoms with van der Waals surface area (Å²) in [4.78, 5) is 1.08. The zero-order chi connectivity index (χ0) is 9.68. The minimum absolute atomic E-state index is 0.0580. The van der Waals surface area contributed by atoms with Crippen LogP contribution in [0.4, 0.5) is 0 Å². The second-order valence-corrected chi connectivity index (χ2v) is 4.23. The Bertz CT molecular complexity index is 252. The lowest BCUT2D eigenvalue weighted by molar-refractivity contribution is 0.190. The molecule has 4 heteroatoms. The van der Waals surface area contributed by atoms with E-state index in [2.05, 4.69) is 0 Å². The predicted molar refractivity (Wildman–Crippen MR) is 57.4 cm³/mol. The Labute approximate surface area is 87.7 Å². The van der Waals surface area contributed by atoms with Gasteiger partial charge in [-0.25, -0.2) is 0 Å². The van der Waals surface area contributed by atoms with Crippen molar-refractivity contribution in [3.8, 4) is 0 Å². The van der Waals surface area contributed by atoms with Crippen LogP contribution in [0.2, 0.25) is 5.02 Å². The number of halogens is 1. The fourth-order valence-electron chi connectivity index (χ4n) is 1.15. The molecule has 0 bridgehead atoms. The van der Waals surface area contributed by atoms with Gasteiger partial charge in [0.15, 0.2) is 0 Å². The van der Waals surface area contributed by atoms with Crippen LogP contribution in [0.1, 0.15) is 23.8 Å². The molecule has 1 heterocycles. The van der Waals surface area contributed by atoms with Crippen LogP contribution in [0.3, 0.4) is 0 Å². The molecular formula is C9H14ClNOS. The molecule has 1 aromatic rings. The van der Waals surface area contributed by atoms with Gasteiger partial charge in [-0.05, 0) is 24.3 Å². The summed E-state index contributed by atoms with van der Waals surface area (Å²) in [5.41, 5.74) is 5.95. The molecule has 0 amide bonds. The maximum atomic E-state index is 5.95. The molecule has 1 atom stereocenters. The van der Waals surface area contributed by atoms with Crippen molar-refractivity contribution in [3.63, 3.8) is 0 Å². The average Bonchev–Trinajstić information content (AvgIpc) is 2.52. The summed E-state index contributed by atoms with van der Waals surface area (Å²) in [6, 6.07) is 1.94. The van der Waals surface area contributed by atoms with Crippen LogP contribution in [-0.4, -0.2) is 13.7 Å². The summed E-state index contributed by atoms with van der Waals surface area (Å²) in [6.45, 7) is 0.761. The highest BCUT2D eigenvalue weighted by Gasteiger charge is 2.10. The second kappa shape index (κ2) is 5.60. The number of hydrogen-bond acceptors (Lipinski definition) is 3. The first-order valence-electron chi connectivity index (χ1n) is 4.23. The molecule has 0 aliphatic carbocycles. The van der Waals surface area contributed by atoms with Crippen LogP contribution in [0, 0.1) is 0 Å². The summed E-state index contributed by atoms with van der Waals surface area (Å²) >= 11 is 7.56. The highest BCUT2D eigenvalue weighted by atomic mass is 35.5.